The van der Waals surface area contributed by atoms with E-state index in [4.69, 9.17) is 0 Å². The molecule has 1 aromatic carbocycles. The Balaban J connectivity index is 1.97. The van der Waals surface area contributed by atoms with E-state index in [1.807, 2.05) is 11.8 Å². The molecule has 15 heavy (non-hydrogen) atoms. The Morgan fingerprint density at radius 1 is 1.27 bits per heavy atom. The normalized spacial score (nSPS) is 20.3. The van der Waals surface area contributed by atoms with Crippen LogP contribution in [0.4, 0.5) is 11.4 Å². The van der Waals surface area contributed by atoms with Gasteiger partial charge in [0.1, 0.15) is 0 Å². The van der Waals surface area contributed by atoms with E-state index in [1.165, 1.54) is 29.3 Å². The molecular formula is C12H18N2S. The highest BCUT2D eigenvalue weighted by Gasteiger charge is 2.14. The van der Waals surface area contributed by atoms with Crippen LogP contribution in [-0.2, 0) is 0 Å². The minimum Gasteiger partial charge on any atom is -0.381 e. The Morgan fingerprint density at radius 2 is 2.00 bits per heavy atom. The summed E-state index contributed by atoms with van der Waals surface area (Å²) in [6.07, 6.45) is 1.29. The number of hydrogen-bond donors (Lipinski definition) is 1. The molecule has 0 aromatic heterocycles. The van der Waals surface area contributed by atoms with Crippen LogP contribution in [0.15, 0.2) is 24.3 Å². The maximum Gasteiger partial charge on any atom is 0.0362 e. The molecule has 1 heterocycles. The average Bonchev–Trinajstić information content (AvgIpc) is 2.71. The first-order valence-corrected chi connectivity index (χ1v) is 6.53. The van der Waals surface area contributed by atoms with Crippen LogP contribution in [0.2, 0.25) is 0 Å². The van der Waals surface area contributed by atoms with E-state index in [9.17, 15) is 0 Å². The van der Waals surface area contributed by atoms with Gasteiger partial charge in [0.2, 0.25) is 0 Å². The molecule has 1 saturated heterocycles. The van der Waals surface area contributed by atoms with Crippen molar-refractivity contribution in [1.29, 1.82) is 0 Å². The number of nitrogens with one attached hydrogen (secondary N) is 1. The molecule has 0 spiro atoms. The van der Waals surface area contributed by atoms with Crippen LogP contribution in [0, 0.1) is 0 Å². The van der Waals surface area contributed by atoms with Crippen LogP contribution in [0.1, 0.15) is 6.42 Å². The molecule has 0 bridgehead atoms. The van der Waals surface area contributed by atoms with E-state index in [0.29, 0.717) is 6.04 Å². The van der Waals surface area contributed by atoms with Crippen molar-refractivity contribution in [1.82, 2.24) is 0 Å². The van der Waals surface area contributed by atoms with Crippen molar-refractivity contribution < 1.29 is 0 Å². The second-order valence-corrected chi connectivity index (χ2v) is 5.30. The predicted molar refractivity (Wildman–Crippen MR) is 70.1 cm³/mol. The largest absolute Gasteiger partial charge is 0.381 e. The summed E-state index contributed by atoms with van der Waals surface area (Å²) in [7, 11) is 4.13. The number of anilines is 2. The average molecular weight is 222 g/mol. The number of rotatable bonds is 3. The Bertz CT molecular complexity index is 302. The van der Waals surface area contributed by atoms with Crippen molar-refractivity contribution in [3.8, 4) is 0 Å². The zero-order valence-electron chi connectivity index (χ0n) is 9.36. The van der Waals surface area contributed by atoms with E-state index in [-0.39, 0.29) is 0 Å². The SMILES string of the molecule is CN(C)c1ccc(N[C@@H]2CCSC2)cc1. The molecule has 0 amide bonds. The lowest BCUT2D eigenvalue weighted by molar-refractivity contribution is 0.813. The van der Waals surface area contributed by atoms with Crippen LogP contribution in [0.5, 0.6) is 0 Å². The van der Waals surface area contributed by atoms with Gasteiger partial charge in [0, 0.05) is 37.3 Å². The first-order valence-electron chi connectivity index (χ1n) is 5.37. The second-order valence-electron chi connectivity index (χ2n) is 4.15. The van der Waals surface area contributed by atoms with Gasteiger partial charge >= 0.3 is 0 Å². The first kappa shape index (κ1) is 10.7. The topological polar surface area (TPSA) is 15.3 Å². The first-order chi connectivity index (χ1) is 7.25. The zero-order valence-corrected chi connectivity index (χ0v) is 10.2. The molecule has 0 radical (unpaired) electrons. The third-order valence-electron chi connectivity index (χ3n) is 2.68. The van der Waals surface area contributed by atoms with Gasteiger partial charge in [0.15, 0.2) is 0 Å². The lowest BCUT2D eigenvalue weighted by atomic mass is 10.2. The third kappa shape index (κ3) is 2.81. The molecule has 1 aliphatic rings. The van der Waals surface area contributed by atoms with Crippen molar-refractivity contribution in [2.24, 2.45) is 0 Å². The molecule has 0 unspecified atom stereocenters. The monoisotopic (exact) mass is 222 g/mol. The van der Waals surface area contributed by atoms with Gasteiger partial charge in [0.05, 0.1) is 0 Å². The van der Waals surface area contributed by atoms with Crippen LogP contribution in [0.3, 0.4) is 0 Å². The summed E-state index contributed by atoms with van der Waals surface area (Å²) in [5.41, 5.74) is 2.49. The Labute approximate surface area is 96.0 Å². The van der Waals surface area contributed by atoms with Crippen molar-refractivity contribution in [2.75, 3.05) is 35.8 Å². The highest BCUT2D eigenvalue weighted by atomic mass is 32.2. The molecule has 2 rings (SSSR count). The highest BCUT2D eigenvalue weighted by Crippen LogP contribution is 2.22. The van der Waals surface area contributed by atoms with Crippen LogP contribution >= 0.6 is 11.8 Å². The van der Waals surface area contributed by atoms with Gasteiger partial charge in [-0.3, -0.25) is 0 Å². The molecule has 0 saturated carbocycles. The number of hydrogen-bond acceptors (Lipinski definition) is 3. The molecule has 1 atom stereocenters. The van der Waals surface area contributed by atoms with Crippen molar-refractivity contribution in [3.05, 3.63) is 24.3 Å². The molecule has 1 aromatic rings. The second kappa shape index (κ2) is 4.79. The zero-order chi connectivity index (χ0) is 10.7. The van der Waals surface area contributed by atoms with Crippen LogP contribution in [-0.4, -0.2) is 31.6 Å². The van der Waals surface area contributed by atoms with Crippen molar-refractivity contribution in [3.63, 3.8) is 0 Å². The smallest absolute Gasteiger partial charge is 0.0362 e. The van der Waals surface area contributed by atoms with E-state index >= 15 is 0 Å². The predicted octanol–water partition coefficient (Wildman–Crippen LogP) is 2.67. The lowest BCUT2D eigenvalue weighted by Crippen LogP contribution is -2.18. The minimum atomic E-state index is 0.667. The van der Waals surface area contributed by atoms with Crippen molar-refractivity contribution >= 4 is 23.1 Å². The van der Waals surface area contributed by atoms with Crippen molar-refractivity contribution in [2.45, 2.75) is 12.5 Å². The summed E-state index contributed by atoms with van der Waals surface area (Å²) in [4.78, 5) is 2.12. The fourth-order valence-electron chi connectivity index (χ4n) is 1.74. The Kier molecular flexibility index (Phi) is 3.41. The lowest BCUT2D eigenvalue weighted by Gasteiger charge is -2.15. The summed E-state index contributed by atoms with van der Waals surface area (Å²) in [5.74, 6) is 2.54. The van der Waals surface area contributed by atoms with E-state index in [0.717, 1.165) is 0 Å². The molecule has 1 aliphatic heterocycles. The van der Waals surface area contributed by atoms with Gasteiger partial charge in [-0.05, 0) is 36.4 Å². The summed E-state index contributed by atoms with van der Waals surface area (Å²) < 4.78 is 0. The highest BCUT2D eigenvalue weighted by molar-refractivity contribution is 7.99. The molecule has 2 nitrogen and oxygen atoms in total. The van der Waals surface area contributed by atoms with Gasteiger partial charge in [-0.2, -0.15) is 11.8 Å². The molecule has 1 fully saturated rings. The quantitative estimate of drug-likeness (QED) is 0.846. The fourth-order valence-corrected chi connectivity index (χ4v) is 2.89. The number of nitrogens with zero attached hydrogens (tertiary/aromatic N) is 1. The van der Waals surface area contributed by atoms with Crippen LogP contribution < -0.4 is 10.2 Å². The van der Waals surface area contributed by atoms with Gasteiger partial charge in [-0.1, -0.05) is 0 Å². The number of thioether (sulfide) groups is 1. The maximum absolute atomic E-state index is 3.57. The van der Waals surface area contributed by atoms with E-state index in [2.05, 4.69) is 48.6 Å². The summed E-state index contributed by atoms with van der Waals surface area (Å²) in [5, 5.41) is 3.57. The third-order valence-corrected chi connectivity index (χ3v) is 3.85. The van der Waals surface area contributed by atoms with Gasteiger partial charge in [-0.25, -0.2) is 0 Å². The number of benzene rings is 1. The summed E-state index contributed by atoms with van der Waals surface area (Å²) in [6, 6.07) is 9.31. The molecule has 0 aliphatic carbocycles. The van der Waals surface area contributed by atoms with Crippen LogP contribution in [0.25, 0.3) is 0 Å². The summed E-state index contributed by atoms with van der Waals surface area (Å²) >= 11 is 2.04. The summed E-state index contributed by atoms with van der Waals surface area (Å²) in [6.45, 7) is 0. The van der Waals surface area contributed by atoms with Gasteiger partial charge in [0.25, 0.3) is 0 Å². The Morgan fingerprint density at radius 3 is 2.53 bits per heavy atom. The minimum absolute atomic E-state index is 0.667. The van der Waals surface area contributed by atoms with Gasteiger partial charge < -0.3 is 10.2 Å². The fraction of sp³-hybridized carbons (Fsp3) is 0.500. The van der Waals surface area contributed by atoms with E-state index in [1.54, 1.807) is 0 Å². The molecular weight excluding hydrogens is 204 g/mol. The van der Waals surface area contributed by atoms with Gasteiger partial charge in [-0.15, -0.1) is 0 Å². The molecule has 3 heteroatoms. The molecule has 1 N–H and O–H groups in total. The standard InChI is InChI=1S/C12H18N2S/c1-14(2)12-5-3-10(4-6-12)13-11-7-8-15-9-11/h3-6,11,13H,7-9H2,1-2H3/t11-/m1/s1. The maximum atomic E-state index is 3.57. The molecule has 82 valence electrons. The van der Waals surface area contributed by atoms with E-state index < -0.39 is 0 Å². The Hall–Kier alpha value is -0.830.